The second-order valence-electron chi connectivity index (χ2n) is 15.4. The van der Waals surface area contributed by atoms with Gasteiger partial charge in [-0.05, 0) is 71.2 Å². The Morgan fingerprint density at radius 1 is 1.08 bits per heavy atom. The van der Waals surface area contributed by atoms with Crippen LogP contribution in [0.1, 0.15) is 92.7 Å². The smallest absolute Gasteiger partial charge is 0.311 e. The van der Waals surface area contributed by atoms with Crippen molar-refractivity contribution in [3.63, 3.8) is 0 Å². The van der Waals surface area contributed by atoms with Crippen LogP contribution < -0.4 is 0 Å². The van der Waals surface area contributed by atoms with Gasteiger partial charge in [-0.1, -0.05) is 45.7 Å². The van der Waals surface area contributed by atoms with E-state index in [0.717, 1.165) is 11.1 Å². The fraction of sp³-hybridized carbons (Fsp3) is 0.725. The number of ether oxygens (including phenoxy) is 5. The summed E-state index contributed by atoms with van der Waals surface area (Å²) >= 11 is 0. The van der Waals surface area contributed by atoms with E-state index in [0.29, 0.717) is 13.0 Å². The molecule has 14 atom stereocenters. The first-order chi connectivity index (χ1) is 24.2. The minimum Gasteiger partial charge on any atom is -0.459 e. The van der Waals surface area contributed by atoms with Crippen LogP contribution in [0.2, 0.25) is 0 Å². The number of benzene rings is 1. The lowest BCUT2D eigenvalue weighted by Crippen LogP contribution is -2.62. The number of rotatable bonds is 8. The molecule has 12 nitrogen and oxygen atoms in total. The summed E-state index contributed by atoms with van der Waals surface area (Å²) in [4.78, 5) is 42.0. The fourth-order valence-corrected chi connectivity index (χ4v) is 7.72. The summed E-state index contributed by atoms with van der Waals surface area (Å²) < 4.78 is 31.1. The first-order valence-electron chi connectivity index (χ1n) is 18.3. The average Bonchev–Trinajstić information content (AvgIpc) is 3.10. The zero-order valence-electron chi connectivity index (χ0n) is 32.7. The van der Waals surface area contributed by atoms with Crippen LogP contribution in [0.5, 0.6) is 0 Å². The molecule has 0 spiro atoms. The maximum atomic E-state index is 13.7. The van der Waals surface area contributed by atoms with Gasteiger partial charge in [0.1, 0.15) is 17.5 Å². The molecule has 0 amide bonds. The molecule has 3 N–H and O–H groups in total. The van der Waals surface area contributed by atoms with Gasteiger partial charge in [0.15, 0.2) is 12.4 Å². The van der Waals surface area contributed by atoms with Gasteiger partial charge in [0.05, 0.1) is 42.0 Å². The Bertz CT molecular complexity index is 1410. The Morgan fingerprint density at radius 2 is 1.69 bits per heavy atom. The second-order valence-corrected chi connectivity index (χ2v) is 15.4. The maximum absolute atomic E-state index is 13.7. The first-order valence-corrected chi connectivity index (χ1v) is 18.3. The molecule has 0 aromatic heterocycles. The molecule has 2 aliphatic heterocycles. The highest BCUT2D eigenvalue weighted by Crippen LogP contribution is 2.41. The molecule has 0 saturated carbocycles. The van der Waals surface area contributed by atoms with Crippen molar-refractivity contribution in [2.75, 3.05) is 14.2 Å². The largest absolute Gasteiger partial charge is 0.459 e. The molecule has 0 aliphatic carbocycles. The molecule has 1 aromatic rings. The van der Waals surface area contributed by atoms with Gasteiger partial charge in [0.2, 0.25) is 0 Å². The van der Waals surface area contributed by atoms with Crippen molar-refractivity contribution in [3.05, 3.63) is 35.4 Å². The monoisotopic (exact) mass is 731 g/mol. The van der Waals surface area contributed by atoms with E-state index in [2.05, 4.69) is 10.8 Å². The number of likely N-dealkylation sites (N-methyl/N-ethyl adjacent to an activating group) is 1. The molecule has 12 heteroatoms. The molecule has 3 rings (SSSR count). The van der Waals surface area contributed by atoms with Gasteiger partial charge in [0.25, 0.3) is 0 Å². The number of Topliss-reactive ketones (excluding diaryl/α,β-unsaturated/α-hetero) is 1. The highest BCUT2D eigenvalue weighted by molar-refractivity contribution is 5.81. The van der Waals surface area contributed by atoms with Gasteiger partial charge in [-0.25, -0.2) is 0 Å². The summed E-state index contributed by atoms with van der Waals surface area (Å²) in [6, 6.07) is 7.28. The number of hydrogen-bond acceptors (Lipinski definition) is 12. The Kier molecular flexibility index (Phi) is 15.0. The molecule has 0 radical (unpaired) electrons. The second kappa shape index (κ2) is 18.0. The summed E-state index contributed by atoms with van der Waals surface area (Å²) in [7, 11) is 3.40. The van der Waals surface area contributed by atoms with Crippen molar-refractivity contribution >= 4 is 17.7 Å². The average molecular weight is 732 g/mol. The number of carbonyl (C=O) groups excluding carboxylic acids is 3. The number of cyclic esters (lactones) is 1. The molecular formula is C40H61NO11. The lowest BCUT2D eigenvalue weighted by atomic mass is 9.72. The fourth-order valence-electron chi connectivity index (χ4n) is 7.72. The van der Waals surface area contributed by atoms with Crippen LogP contribution in [0.15, 0.2) is 24.3 Å². The maximum Gasteiger partial charge on any atom is 0.311 e. The van der Waals surface area contributed by atoms with Gasteiger partial charge in [0, 0.05) is 44.4 Å². The molecule has 2 fully saturated rings. The first kappa shape index (κ1) is 43.5. The Hall–Kier alpha value is -2.89. The normalized spacial score (nSPS) is 39.7. The number of ketones is 1. The zero-order chi connectivity index (χ0) is 39.3. The molecule has 0 unspecified atom stereocenters. The molecule has 1 aromatic carbocycles. The van der Waals surface area contributed by atoms with Gasteiger partial charge >= 0.3 is 11.9 Å². The Labute approximate surface area is 309 Å². The van der Waals surface area contributed by atoms with Gasteiger partial charge in [-0.2, -0.15) is 0 Å². The third-order valence-electron chi connectivity index (χ3n) is 11.5. The SMILES string of the molecule is C#Cc1ccc(CN(C)[C@H]2C[C@@H](C)O[C@@H](O[C@@H]3[C@@H](C)[C@H](O)[C@@H](C)C(=O)O[C@H](CC)[C@@](C)(O)[C@H](O)[C@@H](C)C(=O)C[C@@H](C)[C@@]3(C)OC)[C@@H]2OC(C)=O)cc1. The van der Waals surface area contributed by atoms with Crippen LogP contribution in [0.25, 0.3) is 0 Å². The van der Waals surface area contributed by atoms with E-state index < -0.39 is 83.6 Å². The van der Waals surface area contributed by atoms with Gasteiger partial charge in [-0.15, -0.1) is 6.42 Å². The Morgan fingerprint density at radius 3 is 2.23 bits per heavy atom. The topological polar surface area (TPSA) is 161 Å². The van der Waals surface area contributed by atoms with Crippen LogP contribution in [0, 0.1) is 36.0 Å². The number of methoxy groups -OCH3 is 1. The molecule has 292 valence electrons. The van der Waals surface area contributed by atoms with Crippen molar-refractivity contribution in [1.82, 2.24) is 4.90 Å². The molecule has 52 heavy (non-hydrogen) atoms. The summed E-state index contributed by atoms with van der Waals surface area (Å²) in [6.07, 6.45) is -1.36. The summed E-state index contributed by atoms with van der Waals surface area (Å²) in [5.74, 6) is -2.59. The lowest BCUT2D eigenvalue weighted by molar-refractivity contribution is -0.308. The predicted octanol–water partition coefficient (Wildman–Crippen LogP) is 3.64. The number of hydrogen-bond donors (Lipinski definition) is 3. The van der Waals surface area contributed by atoms with E-state index >= 15 is 0 Å². The van der Waals surface area contributed by atoms with Crippen molar-refractivity contribution in [3.8, 4) is 12.3 Å². The van der Waals surface area contributed by atoms with Crippen LogP contribution in [-0.2, 0) is 44.6 Å². The predicted molar refractivity (Wildman–Crippen MR) is 194 cm³/mol. The molecule has 2 saturated heterocycles. The molecule has 0 bridgehead atoms. The number of esters is 2. The Balaban J connectivity index is 2.09. The molecule has 2 heterocycles. The van der Waals surface area contributed by atoms with Crippen molar-refractivity contribution in [1.29, 1.82) is 0 Å². The quantitative estimate of drug-likeness (QED) is 0.264. The minimum atomic E-state index is -1.95. The van der Waals surface area contributed by atoms with Crippen molar-refractivity contribution < 1.29 is 53.4 Å². The molecular weight excluding hydrogens is 670 g/mol. The van der Waals surface area contributed by atoms with Gasteiger partial charge < -0.3 is 39.0 Å². The molecule has 2 aliphatic rings. The highest BCUT2D eigenvalue weighted by atomic mass is 16.7. The third kappa shape index (κ3) is 9.61. The zero-order valence-corrected chi connectivity index (χ0v) is 32.7. The van der Waals surface area contributed by atoms with E-state index in [1.165, 1.54) is 34.8 Å². The van der Waals surface area contributed by atoms with E-state index in [4.69, 9.17) is 30.1 Å². The van der Waals surface area contributed by atoms with E-state index in [9.17, 15) is 29.7 Å². The minimum absolute atomic E-state index is 0.0768. The number of carbonyl (C=O) groups is 3. The van der Waals surface area contributed by atoms with E-state index in [1.54, 1.807) is 20.8 Å². The van der Waals surface area contributed by atoms with E-state index in [-0.39, 0.29) is 30.8 Å². The van der Waals surface area contributed by atoms with Crippen LogP contribution in [0.4, 0.5) is 0 Å². The van der Waals surface area contributed by atoms with Gasteiger partial charge in [-0.3, -0.25) is 19.3 Å². The van der Waals surface area contributed by atoms with Crippen LogP contribution in [0.3, 0.4) is 0 Å². The van der Waals surface area contributed by atoms with Crippen LogP contribution in [-0.4, -0.2) is 112 Å². The van der Waals surface area contributed by atoms with Crippen molar-refractivity contribution in [2.24, 2.45) is 23.7 Å². The lowest BCUT2D eigenvalue weighted by Gasteiger charge is -2.50. The number of nitrogens with zero attached hydrogens (tertiary/aromatic N) is 1. The number of terminal acetylenes is 1. The van der Waals surface area contributed by atoms with Crippen molar-refractivity contribution in [2.45, 2.75) is 148 Å². The highest BCUT2D eigenvalue weighted by Gasteiger charge is 2.53. The summed E-state index contributed by atoms with van der Waals surface area (Å²) in [5.41, 5.74) is -1.48. The number of aliphatic hydroxyl groups is 3. The van der Waals surface area contributed by atoms with E-state index in [1.807, 2.05) is 45.2 Å². The number of aliphatic hydroxyl groups excluding tert-OH is 2. The third-order valence-corrected chi connectivity index (χ3v) is 11.5. The standard InChI is InChI=1S/C40H61NO11/c1-13-28-15-17-29(18-16-28)21-41(11)30-20-23(4)49-38(34(30)50-27(8)42)52-36-25(6)33(44)26(7)37(46)51-32(14-2)39(9,47)35(45)24(5)31(43)19-22(3)40(36,10)48-12/h1,15-18,22-26,30,32-36,38,44-45,47H,14,19-21H2,2-12H3/t22-,23-,24+,25+,26-,30+,32-,33+,34-,35-,36-,38+,39-,40-/m1/s1. The van der Waals surface area contributed by atoms with Crippen LogP contribution >= 0.6 is 0 Å². The summed E-state index contributed by atoms with van der Waals surface area (Å²) in [6.45, 7) is 15.1. The summed E-state index contributed by atoms with van der Waals surface area (Å²) in [5, 5.41) is 34.5.